The van der Waals surface area contributed by atoms with Crippen molar-refractivity contribution >= 4 is 34.5 Å². The highest BCUT2D eigenvalue weighted by molar-refractivity contribution is 7.18. The Morgan fingerprint density at radius 1 is 1.08 bits per heavy atom. The highest BCUT2D eigenvalue weighted by Gasteiger charge is 2.43. The molecule has 204 valence electrons. The fourth-order valence-corrected chi connectivity index (χ4v) is 6.14. The van der Waals surface area contributed by atoms with Crippen LogP contribution in [0.15, 0.2) is 54.9 Å². The van der Waals surface area contributed by atoms with Crippen molar-refractivity contribution in [2.75, 3.05) is 4.90 Å². The molecular weight excluding hydrogens is 529 g/mol. The number of carboxylic acid groups (broad SMARTS) is 1. The minimum absolute atomic E-state index is 0.0199. The van der Waals surface area contributed by atoms with Crippen LogP contribution in [0.2, 0.25) is 0 Å². The van der Waals surface area contributed by atoms with Crippen molar-refractivity contribution in [1.29, 1.82) is 0 Å². The molecule has 0 bridgehead atoms. The Morgan fingerprint density at radius 2 is 1.74 bits per heavy atom. The Hall–Kier alpha value is -3.73. The average molecular weight is 557 g/mol. The van der Waals surface area contributed by atoms with E-state index >= 15 is 0 Å². The zero-order valence-electron chi connectivity index (χ0n) is 21.4. The lowest BCUT2D eigenvalue weighted by Crippen LogP contribution is -2.43. The maximum Gasteiger partial charge on any atom is 0.391 e. The molecule has 0 spiro atoms. The van der Waals surface area contributed by atoms with Crippen molar-refractivity contribution in [2.24, 2.45) is 11.8 Å². The van der Waals surface area contributed by atoms with Gasteiger partial charge in [0.1, 0.15) is 4.88 Å². The van der Waals surface area contributed by atoms with Crippen molar-refractivity contribution in [3.05, 3.63) is 59.7 Å². The van der Waals surface area contributed by atoms with Crippen LogP contribution in [0.25, 0.3) is 27.3 Å². The second-order valence-corrected chi connectivity index (χ2v) is 11.1. The van der Waals surface area contributed by atoms with Crippen LogP contribution in [0.3, 0.4) is 0 Å². The fraction of sp³-hybridized carbons (Fsp3) is 0.357. The summed E-state index contributed by atoms with van der Waals surface area (Å²) in [5.74, 6) is -3.45. The van der Waals surface area contributed by atoms with Crippen LogP contribution in [0.4, 0.5) is 18.9 Å². The predicted molar refractivity (Wildman–Crippen MR) is 143 cm³/mol. The number of amides is 1. The molecule has 7 nitrogen and oxygen atoms in total. The molecule has 39 heavy (non-hydrogen) atoms. The number of rotatable bonds is 6. The third-order valence-electron chi connectivity index (χ3n) is 7.16. The van der Waals surface area contributed by atoms with E-state index in [0.717, 1.165) is 33.8 Å². The number of aromatic carboxylic acids is 1. The molecule has 1 fully saturated rings. The van der Waals surface area contributed by atoms with Gasteiger partial charge in [-0.2, -0.15) is 18.3 Å². The van der Waals surface area contributed by atoms with Gasteiger partial charge in [-0.1, -0.05) is 24.3 Å². The molecule has 1 amide bonds. The van der Waals surface area contributed by atoms with Crippen LogP contribution in [0.5, 0.6) is 0 Å². The van der Waals surface area contributed by atoms with E-state index in [-0.39, 0.29) is 48.2 Å². The van der Waals surface area contributed by atoms with E-state index in [9.17, 15) is 27.9 Å². The number of carbonyl (C=O) groups excluding carboxylic acids is 1. The van der Waals surface area contributed by atoms with E-state index in [4.69, 9.17) is 0 Å². The highest BCUT2D eigenvalue weighted by Crippen LogP contribution is 2.43. The van der Waals surface area contributed by atoms with Gasteiger partial charge in [0, 0.05) is 40.9 Å². The van der Waals surface area contributed by atoms with Gasteiger partial charge in [0.15, 0.2) is 5.65 Å². The van der Waals surface area contributed by atoms with E-state index in [0.29, 0.717) is 4.88 Å². The van der Waals surface area contributed by atoms with Crippen molar-refractivity contribution in [1.82, 2.24) is 14.6 Å². The molecule has 0 radical (unpaired) electrons. The number of carbonyl (C=O) groups is 2. The summed E-state index contributed by atoms with van der Waals surface area (Å²) in [7, 11) is 0. The van der Waals surface area contributed by atoms with Gasteiger partial charge in [-0.25, -0.2) is 14.3 Å². The molecule has 0 saturated heterocycles. The summed E-state index contributed by atoms with van der Waals surface area (Å²) in [6.45, 7) is 3.56. The number of alkyl halides is 3. The molecule has 0 aliphatic heterocycles. The van der Waals surface area contributed by atoms with Crippen LogP contribution in [-0.2, 0) is 4.79 Å². The first-order valence-corrected chi connectivity index (χ1v) is 13.5. The number of halogens is 3. The Labute approximate surface area is 226 Å². The van der Waals surface area contributed by atoms with E-state index in [1.54, 1.807) is 36.7 Å². The van der Waals surface area contributed by atoms with Crippen molar-refractivity contribution in [2.45, 2.75) is 51.7 Å². The first kappa shape index (κ1) is 26.9. The molecule has 1 N–H and O–H groups in total. The number of benzene rings is 1. The summed E-state index contributed by atoms with van der Waals surface area (Å²) in [4.78, 5) is 32.2. The third-order valence-corrected chi connectivity index (χ3v) is 8.32. The predicted octanol–water partition coefficient (Wildman–Crippen LogP) is 6.93. The van der Waals surface area contributed by atoms with Crippen molar-refractivity contribution < 1.29 is 27.9 Å². The maximum absolute atomic E-state index is 13.5. The van der Waals surface area contributed by atoms with Crippen LogP contribution in [0, 0.1) is 11.8 Å². The van der Waals surface area contributed by atoms with Crippen molar-refractivity contribution in [3.8, 4) is 21.7 Å². The van der Waals surface area contributed by atoms with Gasteiger partial charge in [0.05, 0.1) is 17.3 Å². The molecule has 5 rings (SSSR count). The number of aromatic nitrogens is 3. The van der Waals surface area contributed by atoms with Gasteiger partial charge in [0.2, 0.25) is 5.91 Å². The fourth-order valence-electron chi connectivity index (χ4n) is 5.15. The number of hydrogen-bond donors (Lipinski definition) is 1. The maximum atomic E-state index is 13.5. The van der Waals surface area contributed by atoms with Gasteiger partial charge < -0.3 is 10.0 Å². The van der Waals surface area contributed by atoms with Gasteiger partial charge in [-0.15, -0.1) is 11.3 Å². The Balaban J connectivity index is 1.42. The SMILES string of the molecule is CC(C)N(c1cc(-c2ccc(-c3cc4ncccn4n3)cc2)sc1C(=O)O)C(=O)[C@H]1CC[C@H](C(F)(F)F)CC1. The zero-order valence-corrected chi connectivity index (χ0v) is 22.2. The molecule has 4 aromatic rings. The minimum Gasteiger partial charge on any atom is -0.477 e. The van der Waals surface area contributed by atoms with Crippen LogP contribution in [0.1, 0.15) is 49.2 Å². The second kappa shape index (κ2) is 10.4. The topological polar surface area (TPSA) is 87.8 Å². The lowest BCUT2D eigenvalue weighted by Gasteiger charge is -2.34. The summed E-state index contributed by atoms with van der Waals surface area (Å²) in [5.41, 5.74) is 3.39. The largest absolute Gasteiger partial charge is 0.477 e. The normalized spacial score (nSPS) is 18.0. The molecule has 3 heterocycles. The molecule has 1 aliphatic carbocycles. The summed E-state index contributed by atoms with van der Waals surface area (Å²) >= 11 is 1.07. The number of anilines is 1. The Bertz CT molecular complexity index is 1470. The zero-order chi connectivity index (χ0) is 27.9. The number of nitrogens with zero attached hydrogens (tertiary/aromatic N) is 4. The van der Waals surface area contributed by atoms with Gasteiger partial charge in [-0.3, -0.25) is 4.79 Å². The summed E-state index contributed by atoms with van der Waals surface area (Å²) in [6, 6.07) is 12.5. The first-order valence-electron chi connectivity index (χ1n) is 12.7. The first-order chi connectivity index (χ1) is 18.5. The van der Waals surface area contributed by atoms with E-state index < -0.39 is 24.0 Å². The molecule has 0 atom stereocenters. The Morgan fingerprint density at radius 3 is 2.33 bits per heavy atom. The molecule has 3 aromatic heterocycles. The van der Waals surface area contributed by atoms with E-state index in [1.165, 1.54) is 4.90 Å². The number of carboxylic acids is 1. The van der Waals surface area contributed by atoms with Crippen molar-refractivity contribution in [3.63, 3.8) is 0 Å². The summed E-state index contributed by atoms with van der Waals surface area (Å²) in [5, 5.41) is 14.5. The molecule has 11 heteroatoms. The second-order valence-electron chi connectivity index (χ2n) is 10.1. The lowest BCUT2D eigenvalue weighted by molar-refractivity contribution is -0.184. The lowest BCUT2D eigenvalue weighted by atomic mass is 9.81. The van der Waals surface area contributed by atoms with Crippen LogP contribution >= 0.6 is 11.3 Å². The summed E-state index contributed by atoms with van der Waals surface area (Å²) < 4.78 is 41.1. The quantitative estimate of drug-likeness (QED) is 0.278. The Kier molecular flexibility index (Phi) is 7.19. The molecule has 1 aromatic carbocycles. The number of thiophene rings is 1. The van der Waals surface area contributed by atoms with Crippen LogP contribution < -0.4 is 4.90 Å². The smallest absolute Gasteiger partial charge is 0.391 e. The van der Waals surface area contributed by atoms with E-state index in [1.807, 2.05) is 36.5 Å². The van der Waals surface area contributed by atoms with Crippen LogP contribution in [-0.4, -0.2) is 43.8 Å². The van der Waals surface area contributed by atoms with Gasteiger partial charge >= 0.3 is 12.1 Å². The molecule has 1 aliphatic rings. The number of fused-ring (bicyclic) bond motifs is 1. The minimum atomic E-state index is -4.26. The van der Waals surface area contributed by atoms with Gasteiger partial charge in [0.25, 0.3) is 0 Å². The average Bonchev–Trinajstić information content (AvgIpc) is 3.53. The standard InChI is InChI=1S/C28H27F3N4O3S/c1-16(2)35(26(36)19-8-10-20(11-9-19)28(29,30)31)22-15-23(39-25(22)27(37)38)18-6-4-17(5-7-18)21-14-24-32-12-3-13-34(24)33-21/h3-7,12-16,19-20H,8-11H2,1-2H3,(H,37,38)/t19-,20-. The monoisotopic (exact) mass is 556 g/mol. The third kappa shape index (κ3) is 5.40. The molecule has 0 unspecified atom stereocenters. The number of hydrogen-bond acceptors (Lipinski definition) is 5. The summed E-state index contributed by atoms with van der Waals surface area (Å²) in [6.07, 6.45) is -0.691. The highest BCUT2D eigenvalue weighted by atomic mass is 32.1. The molecular formula is C28H27F3N4O3S. The van der Waals surface area contributed by atoms with Gasteiger partial charge in [-0.05, 0) is 57.2 Å². The molecule has 1 saturated carbocycles. The van der Waals surface area contributed by atoms with E-state index in [2.05, 4.69) is 10.1 Å².